The van der Waals surface area contributed by atoms with E-state index in [1.54, 1.807) is 5.32 Å². The first-order chi connectivity index (χ1) is 8.85. The summed E-state index contributed by atoms with van der Waals surface area (Å²) in [5, 5.41) is -0.0386. The van der Waals surface area contributed by atoms with Crippen molar-refractivity contribution < 1.29 is 34.8 Å². The predicted octanol–water partition coefficient (Wildman–Crippen LogP) is 2.08. The van der Waals surface area contributed by atoms with Crippen molar-refractivity contribution in [1.82, 2.24) is 0 Å². The van der Waals surface area contributed by atoms with Gasteiger partial charge in [0, 0.05) is 16.4 Å². The molecule has 0 aliphatic heterocycles. The maximum Gasteiger partial charge on any atom is 0.501 e. The number of sulfone groups is 1. The molecular weight excluding hydrogens is 347 g/mol. The molecule has 0 bridgehead atoms. The van der Waals surface area contributed by atoms with Gasteiger partial charge < -0.3 is 5.32 Å². The smallest absolute Gasteiger partial charge is 0.312 e. The van der Waals surface area contributed by atoms with Crippen molar-refractivity contribution in [3.63, 3.8) is 0 Å². The number of hydrogen-bond donors (Lipinski definition) is 1. The van der Waals surface area contributed by atoms with E-state index < -0.39 is 40.2 Å². The van der Waals surface area contributed by atoms with E-state index in [-0.39, 0.29) is 0 Å². The van der Waals surface area contributed by atoms with E-state index in [1.165, 1.54) is 0 Å². The number of carbonyl (C=O) groups is 1. The first-order valence-corrected chi connectivity index (χ1v) is 8.32. The van der Waals surface area contributed by atoms with Gasteiger partial charge in [-0.1, -0.05) is 6.07 Å². The number of anilines is 1. The highest BCUT2D eigenvalue weighted by atomic mass is 35.7. The van der Waals surface area contributed by atoms with Crippen LogP contribution in [-0.2, 0) is 18.9 Å². The van der Waals surface area contributed by atoms with Gasteiger partial charge in [0.1, 0.15) is 0 Å². The van der Waals surface area contributed by atoms with Crippen LogP contribution in [0.15, 0.2) is 29.2 Å². The average Bonchev–Trinajstić information content (AvgIpc) is 2.26. The summed E-state index contributed by atoms with van der Waals surface area (Å²) in [5.74, 6) is 0. The molecule has 1 amide bonds. The lowest BCUT2D eigenvalue weighted by atomic mass is 10.3. The minimum absolute atomic E-state index is 0.461. The molecule has 0 fully saturated rings. The highest BCUT2D eigenvalue weighted by Crippen LogP contribution is 2.31. The van der Waals surface area contributed by atoms with Crippen molar-refractivity contribution in [2.24, 2.45) is 0 Å². The molecule has 0 saturated heterocycles. The molecule has 0 atom stereocenters. The van der Waals surface area contributed by atoms with Crippen LogP contribution in [0.1, 0.15) is 0 Å². The average molecular weight is 352 g/mol. The summed E-state index contributed by atoms with van der Waals surface area (Å²) in [6.07, 6.45) is 0. The zero-order valence-electron chi connectivity index (χ0n) is 9.18. The van der Waals surface area contributed by atoms with E-state index in [2.05, 4.69) is 0 Å². The fraction of sp³-hybridized carbons (Fsp3) is 0.125. The van der Waals surface area contributed by atoms with Crippen LogP contribution in [0.4, 0.5) is 23.7 Å². The molecule has 12 heteroatoms. The van der Waals surface area contributed by atoms with Gasteiger partial charge in [-0.05, 0) is 18.2 Å². The molecule has 1 aromatic carbocycles. The third-order valence-electron chi connectivity index (χ3n) is 1.92. The van der Waals surface area contributed by atoms with E-state index in [4.69, 9.17) is 10.7 Å². The molecule has 0 saturated carbocycles. The van der Waals surface area contributed by atoms with Crippen LogP contribution in [0.2, 0.25) is 0 Å². The molecule has 0 spiro atoms. The Hall–Kier alpha value is -1.33. The molecule has 112 valence electrons. The molecule has 1 rings (SSSR count). The second-order valence-corrected chi connectivity index (χ2v) is 7.73. The van der Waals surface area contributed by atoms with E-state index in [1.807, 2.05) is 0 Å². The highest BCUT2D eigenvalue weighted by Gasteiger charge is 2.46. The molecule has 0 heterocycles. The van der Waals surface area contributed by atoms with Crippen LogP contribution in [0.5, 0.6) is 0 Å². The van der Waals surface area contributed by atoms with Crippen LogP contribution in [-0.4, -0.2) is 27.6 Å². The third kappa shape index (κ3) is 3.61. The van der Waals surface area contributed by atoms with Gasteiger partial charge in [-0.2, -0.15) is 13.2 Å². The van der Waals surface area contributed by atoms with Crippen LogP contribution in [0.25, 0.3) is 0 Å². The Kier molecular flexibility index (Phi) is 4.36. The van der Waals surface area contributed by atoms with Gasteiger partial charge >= 0.3 is 19.8 Å². The largest absolute Gasteiger partial charge is 0.501 e. The Bertz CT molecular complexity index is 742. The zero-order chi connectivity index (χ0) is 15.8. The normalized spacial score (nSPS) is 13.0. The number of benzene rings is 1. The molecule has 0 radical (unpaired) electrons. The molecule has 0 aliphatic rings. The highest BCUT2D eigenvalue weighted by molar-refractivity contribution is 8.25. The predicted molar refractivity (Wildman–Crippen MR) is 63.5 cm³/mol. The Morgan fingerprint density at radius 3 is 2.15 bits per heavy atom. The SMILES string of the molecule is O=C(Nc1cccc(S(=O)(=O)C(F)(F)F)c1)S(=O)(=O)Cl. The van der Waals surface area contributed by atoms with E-state index in [0.29, 0.717) is 12.1 Å². The molecule has 0 unspecified atom stereocenters. The minimum Gasteiger partial charge on any atom is -0.312 e. The molecule has 6 nitrogen and oxygen atoms in total. The summed E-state index contributed by atoms with van der Waals surface area (Å²) < 4.78 is 80.4. The quantitative estimate of drug-likeness (QED) is 0.823. The van der Waals surface area contributed by atoms with Gasteiger partial charge in [0.05, 0.1) is 4.90 Å². The lowest BCUT2D eigenvalue weighted by Gasteiger charge is -2.09. The van der Waals surface area contributed by atoms with E-state index >= 15 is 0 Å². The Morgan fingerprint density at radius 2 is 1.70 bits per heavy atom. The topological polar surface area (TPSA) is 97.4 Å². The maximum absolute atomic E-state index is 12.3. The van der Waals surface area contributed by atoms with Gasteiger partial charge in [0.2, 0.25) is 0 Å². The summed E-state index contributed by atoms with van der Waals surface area (Å²) in [6, 6.07) is 3.00. The van der Waals surface area contributed by atoms with Crippen molar-refractivity contribution in [2.75, 3.05) is 5.32 Å². The van der Waals surface area contributed by atoms with Crippen LogP contribution in [0, 0.1) is 0 Å². The summed E-state index contributed by atoms with van der Waals surface area (Å²) >= 11 is 0. The zero-order valence-corrected chi connectivity index (χ0v) is 11.6. The molecule has 0 aliphatic carbocycles. The van der Waals surface area contributed by atoms with Crippen LogP contribution in [0.3, 0.4) is 0 Å². The summed E-state index contributed by atoms with van der Waals surface area (Å²) in [5.41, 5.74) is -5.99. The molecular formula is C8H5ClF3NO5S2. The Labute approximate surface area is 115 Å². The maximum atomic E-state index is 12.3. The van der Waals surface area contributed by atoms with E-state index in [0.717, 1.165) is 12.1 Å². The van der Waals surface area contributed by atoms with Gasteiger partial charge in [-0.15, -0.1) is 0 Å². The molecule has 1 aromatic rings. The first kappa shape index (κ1) is 16.7. The number of carbonyl (C=O) groups excluding carboxylic acids is 1. The Morgan fingerprint density at radius 1 is 1.15 bits per heavy atom. The summed E-state index contributed by atoms with van der Waals surface area (Å²) in [4.78, 5) is 9.85. The first-order valence-electron chi connectivity index (χ1n) is 4.53. The standard InChI is InChI=1S/C8H5ClF3NO5S2/c9-20(17,18)7(14)13-5-2-1-3-6(4-5)19(15,16)8(10,11)12/h1-4H,(H,13,14). The fourth-order valence-electron chi connectivity index (χ4n) is 1.05. The van der Waals surface area contributed by atoms with E-state index in [9.17, 15) is 34.8 Å². The number of rotatable bonds is 2. The summed E-state index contributed by atoms with van der Waals surface area (Å²) in [7, 11) is -5.53. The second kappa shape index (κ2) is 5.22. The van der Waals surface area contributed by atoms with Crippen molar-refractivity contribution in [1.29, 1.82) is 0 Å². The number of alkyl halides is 3. The van der Waals surface area contributed by atoms with Gasteiger partial charge in [0.25, 0.3) is 9.84 Å². The molecule has 1 N–H and O–H groups in total. The van der Waals surface area contributed by atoms with Gasteiger partial charge in [0.15, 0.2) is 0 Å². The lowest BCUT2D eigenvalue weighted by Crippen LogP contribution is -2.23. The van der Waals surface area contributed by atoms with Gasteiger partial charge in [-0.3, -0.25) is 4.79 Å². The number of amides is 1. The van der Waals surface area contributed by atoms with Crippen molar-refractivity contribution >= 4 is 40.5 Å². The van der Waals surface area contributed by atoms with Crippen molar-refractivity contribution in [3.8, 4) is 0 Å². The summed E-state index contributed by atoms with van der Waals surface area (Å²) in [6.45, 7) is 0. The Balaban J connectivity index is 3.20. The van der Waals surface area contributed by atoms with Crippen LogP contribution >= 0.6 is 10.7 Å². The second-order valence-electron chi connectivity index (χ2n) is 3.33. The minimum atomic E-state index is -5.60. The molecule has 0 aromatic heterocycles. The number of nitrogens with one attached hydrogen (secondary N) is 1. The number of hydrogen-bond acceptors (Lipinski definition) is 5. The number of halogens is 4. The lowest BCUT2D eigenvalue weighted by molar-refractivity contribution is -0.0435. The van der Waals surface area contributed by atoms with Crippen LogP contribution < -0.4 is 5.32 Å². The fourth-order valence-corrected chi connectivity index (χ4v) is 2.22. The van der Waals surface area contributed by atoms with Crippen molar-refractivity contribution in [3.05, 3.63) is 24.3 Å². The third-order valence-corrected chi connectivity index (χ3v) is 4.37. The van der Waals surface area contributed by atoms with Gasteiger partial charge in [-0.25, -0.2) is 16.8 Å². The molecule has 20 heavy (non-hydrogen) atoms. The van der Waals surface area contributed by atoms with Crippen molar-refractivity contribution in [2.45, 2.75) is 10.4 Å². The monoisotopic (exact) mass is 351 g/mol.